The van der Waals surface area contributed by atoms with Gasteiger partial charge in [-0.05, 0) is 162 Å². The fraction of sp³-hybridized carbons (Fsp3) is 0.878. The summed E-state index contributed by atoms with van der Waals surface area (Å²) in [6, 6.07) is 0.135. The summed E-state index contributed by atoms with van der Waals surface area (Å²) in [5, 5.41) is 0. The van der Waals surface area contributed by atoms with Gasteiger partial charge in [0.15, 0.2) is 0 Å². The molecule has 0 aromatic heterocycles. The molecule has 0 aromatic carbocycles. The van der Waals surface area contributed by atoms with Crippen molar-refractivity contribution in [3.8, 4) is 0 Å². The van der Waals surface area contributed by atoms with Gasteiger partial charge < -0.3 is 24.1 Å². The van der Waals surface area contributed by atoms with Crippen LogP contribution >= 0.6 is 0 Å². The van der Waals surface area contributed by atoms with Crippen molar-refractivity contribution in [2.75, 3.05) is 13.1 Å². The largest absolute Gasteiger partial charge is 0.462 e. The molecule has 57 heavy (non-hydrogen) atoms. The number of ketones is 1. The van der Waals surface area contributed by atoms with Gasteiger partial charge in [0.05, 0.1) is 18.5 Å². The fourth-order valence-electron chi connectivity index (χ4n) is 16.0. The molecule has 2 amide bonds. The zero-order valence-corrected chi connectivity index (χ0v) is 38.0. The van der Waals surface area contributed by atoms with Crippen molar-refractivity contribution in [2.45, 2.75) is 197 Å². The first-order valence-corrected chi connectivity index (χ1v) is 22.9. The number of esters is 1. The first kappa shape index (κ1) is 42.7. The minimum absolute atomic E-state index is 0.00474. The van der Waals surface area contributed by atoms with Crippen molar-refractivity contribution in [3.05, 3.63) is 12.2 Å². The molecule has 0 spiro atoms. The fourth-order valence-corrected chi connectivity index (χ4v) is 16.0. The Morgan fingerprint density at radius 3 is 2.02 bits per heavy atom. The van der Waals surface area contributed by atoms with Gasteiger partial charge in [-0.15, -0.1) is 0 Å². The van der Waals surface area contributed by atoms with E-state index in [-0.39, 0.29) is 69.5 Å². The topological polar surface area (TPSA) is 93.2 Å². The number of fused-ring (bicyclic) bond motifs is 9. The quantitative estimate of drug-likeness (QED) is 0.180. The summed E-state index contributed by atoms with van der Waals surface area (Å²) in [6.45, 7) is 32.0. The summed E-state index contributed by atoms with van der Waals surface area (Å²) in [4.78, 5) is 56.8. The molecule has 2 aliphatic heterocycles. The van der Waals surface area contributed by atoms with Crippen LogP contribution in [0, 0.1) is 62.1 Å². The summed E-state index contributed by atoms with van der Waals surface area (Å²) in [6.07, 6.45) is 13.1. The predicted octanol–water partition coefficient (Wildman–Crippen LogP) is 10.6. The van der Waals surface area contributed by atoms with E-state index in [2.05, 4.69) is 53.0 Å². The van der Waals surface area contributed by atoms with Gasteiger partial charge in [0.25, 0.3) is 0 Å². The molecule has 8 nitrogen and oxygen atoms in total. The van der Waals surface area contributed by atoms with E-state index >= 15 is 0 Å². The van der Waals surface area contributed by atoms with E-state index < -0.39 is 11.0 Å². The lowest BCUT2D eigenvalue weighted by Gasteiger charge is -2.73. The van der Waals surface area contributed by atoms with Crippen LogP contribution in [0.25, 0.3) is 0 Å². The molecule has 0 aromatic rings. The molecular weight excluding hydrogens is 713 g/mol. The van der Waals surface area contributed by atoms with Crippen LogP contribution in [0.5, 0.6) is 0 Å². The molecule has 7 aliphatic rings. The monoisotopic (exact) mass is 791 g/mol. The van der Waals surface area contributed by atoms with Crippen molar-refractivity contribution in [3.63, 3.8) is 0 Å². The number of allylic oxidation sites excluding steroid dienone is 1. The summed E-state index contributed by atoms with van der Waals surface area (Å²) in [7, 11) is 0. The molecule has 8 heteroatoms. The van der Waals surface area contributed by atoms with Crippen molar-refractivity contribution in [1.82, 2.24) is 9.80 Å². The van der Waals surface area contributed by atoms with Crippen molar-refractivity contribution < 1.29 is 28.7 Å². The maximum Gasteiger partial charge on any atom is 0.410 e. The highest BCUT2D eigenvalue weighted by Gasteiger charge is 2.71. The number of carbonyl (C=O) groups is 4. The number of hydrogen-bond acceptors (Lipinski definition) is 6. The Bertz CT molecular complexity index is 1660. The third-order valence-electron chi connectivity index (χ3n) is 18.5. The van der Waals surface area contributed by atoms with Crippen molar-refractivity contribution in [2.24, 2.45) is 62.1 Å². The smallest absolute Gasteiger partial charge is 0.410 e. The average molecular weight is 791 g/mol. The van der Waals surface area contributed by atoms with Gasteiger partial charge in [0.1, 0.15) is 17.5 Å². The maximum absolute atomic E-state index is 14.5. The Balaban J connectivity index is 1.08. The Labute approximate surface area is 345 Å². The Kier molecular flexibility index (Phi) is 10.6. The van der Waals surface area contributed by atoms with Gasteiger partial charge in [-0.1, -0.05) is 60.6 Å². The van der Waals surface area contributed by atoms with E-state index in [1.54, 1.807) is 6.92 Å². The summed E-state index contributed by atoms with van der Waals surface area (Å²) in [5.74, 6) is 2.81. The molecule has 7 fully saturated rings. The number of hydrogen-bond donors (Lipinski definition) is 0. The van der Waals surface area contributed by atoms with Gasteiger partial charge in [0, 0.05) is 31.3 Å². The molecule has 0 N–H and O–H groups in total. The molecule has 5 saturated carbocycles. The van der Waals surface area contributed by atoms with E-state index in [1.807, 2.05) is 39.5 Å². The van der Waals surface area contributed by atoms with Crippen LogP contribution in [0.3, 0.4) is 0 Å². The van der Waals surface area contributed by atoms with Crippen LogP contribution in [0.1, 0.15) is 173 Å². The van der Waals surface area contributed by atoms with E-state index in [0.29, 0.717) is 61.4 Å². The Hall–Kier alpha value is -2.38. The Morgan fingerprint density at radius 1 is 0.737 bits per heavy atom. The van der Waals surface area contributed by atoms with Gasteiger partial charge in [-0.3, -0.25) is 9.59 Å². The average Bonchev–Trinajstić information content (AvgIpc) is 3.78. The highest BCUT2D eigenvalue weighted by molar-refractivity contribution is 5.79. The van der Waals surface area contributed by atoms with Crippen LogP contribution in [-0.4, -0.2) is 70.4 Å². The Morgan fingerprint density at radius 2 is 1.40 bits per heavy atom. The van der Waals surface area contributed by atoms with E-state index in [9.17, 15) is 19.2 Å². The van der Waals surface area contributed by atoms with Crippen LogP contribution in [0.2, 0.25) is 0 Å². The second-order valence-corrected chi connectivity index (χ2v) is 24.0. The zero-order valence-electron chi connectivity index (χ0n) is 38.0. The molecule has 5 aliphatic carbocycles. The lowest BCUT2D eigenvalue weighted by atomic mass is 9.32. The SMILES string of the molecule is C=C(C)[C@@H]1CC[C@]2(CC(=O)N3CC4CC3CN4C(=O)OC(C)(C)C)CC[C@]3(C)[C@H](CC[C@@H]4[C@@]5(C)CC[C@H](OC(=O)CC(C)(C)CC(C)=O)C(C)(C)[C@@H]5CC[C@]43C)[C@@H]12. The molecule has 2 saturated heterocycles. The number of piperazine rings is 1. The summed E-state index contributed by atoms with van der Waals surface area (Å²) >= 11 is 0. The second-order valence-electron chi connectivity index (χ2n) is 24.0. The number of rotatable bonds is 8. The molecular formula is C49H78N2O6. The van der Waals surface area contributed by atoms with Gasteiger partial charge >= 0.3 is 12.1 Å². The van der Waals surface area contributed by atoms with Crippen LogP contribution in [0.4, 0.5) is 4.79 Å². The number of Topliss-reactive ketones (excluding diaryl/α,β-unsaturated/α-hetero) is 1. The zero-order chi connectivity index (χ0) is 41.9. The normalized spacial score (nSPS) is 42.0. The first-order valence-electron chi connectivity index (χ1n) is 22.9. The van der Waals surface area contributed by atoms with E-state index in [1.165, 1.54) is 31.3 Å². The van der Waals surface area contributed by atoms with Gasteiger partial charge in [-0.25, -0.2) is 4.79 Å². The lowest BCUT2D eigenvalue weighted by Crippen LogP contribution is -2.67. The van der Waals surface area contributed by atoms with Crippen molar-refractivity contribution in [1.29, 1.82) is 0 Å². The third-order valence-corrected chi connectivity index (χ3v) is 18.5. The minimum atomic E-state index is -0.531. The van der Waals surface area contributed by atoms with E-state index in [0.717, 1.165) is 44.9 Å². The third kappa shape index (κ3) is 7.02. The first-order chi connectivity index (χ1) is 26.3. The molecule has 12 atom stereocenters. The van der Waals surface area contributed by atoms with Crippen molar-refractivity contribution >= 4 is 23.8 Å². The molecule has 320 valence electrons. The highest BCUT2D eigenvalue weighted by atomic mass is 16.6. The number of amides is 2. The van der Waals surface area contributed by atoms with Crippen LogP contribution in [-0.2, 0) is 23.9 Å². The molecule has 2 heterocycles. The standard InChI is InChI=1S/C49H78N2O6/c1-30(2)34-16-21-49(26-39(53)50-28-33-24-32(50)29-51(33)42(55)57-43(4,5)6)23-22-47(12)35(41(34)49)14-15-37-46(11)19-18-38(45(9,10)36(46)17-20-48(37,47)13)56-40(54)27-44(7,8)25-31(3)52/h32-38,41H,1,14-29H2,2-13H3/t32?,33?,34-,35+,36-,37+,38-,41+,46-,47+,48+,49+/m0/s1. The summed E-state index contributed by atoms with van der Waals surface area (Å²) in [5.41, 5.74) is 0.769. The molecule has 2 bridgehead atoms. The number of ether oxygens (including phenoxy) is 2. The van der Waals surface area contributed by atoms with Gasteiger partial charge in [-0.2, -0.15) is 0 Å². The number of carbonyl (C=O) groups excluding carboxylic acids is 4. The molecule has 7 rings (SSSR count). The second kappa shape index (κ2) is 14.1. The lowest BCUT2D eigenvalue weighted by molar-refractivity contribution is -0.250. The van der Waals surface area contributed by atoms with Crippen LogP contribution in [0.15, 0.2) is 12.2 Å². The van der Waals surface area contributed by atoms with Crippen LogP contribution < -0.4 is 0 Å². The number of nitrogens with zero attached hydrogens (tertiary/aromatic N) is 2. The van der Waals surface area contributed by atoms with E-state index in [4.69, 9.17) is 9.47 Å². The van der Waals surface area contributed by atoms with Gasteiger partial charge in [0.2, 0.25) is 5.91 Å². The summed E-state index contributed by atoms with van der Waals surface area (Å²) < 4.78 is 12.1. The maximum atomic E-state index is 14.5. The minimum Gasteiger partial charge on any atom is -0.462 e. The highest BCUT2D eigenvalue weighted by Crippen LogP contribution is 2.78. The molecule has 2 unspecified atom stereocenters. The molecule has 0 radical (unpaired) electrons. The predicted molar refractivity (Wildman–Crippen MR) is 224 cm³/mol. The number of likely N-dealkylation sites (tertiary alicyclic amines) is 2.